The highest BCUT2D eigenvalue weighted by Crippen LogP contribution is 2.10. The number of nitrogens with one attached hydrogen (secondary N) is 1. The molecule has 1 fully saturated rings. The van der Waals surface area contributed by atoms with Gasteiger partial charge in [0.1, 0.15) is 0 Å². The molecular weight excluding hydrogens is 202 g/mol. The molecule has 0 saturated carbocycles. The standard InChI is InChI=1S/C5H13N3O2S.ClH/c1-7-5-2-3-8(4-5)11(6,9)10;/h5,7H,2-4H2,1H3,(H2,6,9,10);1H/t5-;/m1./s1. The SMILES string of the molecule is CN[C@@H]1CCN(S(N)(=O)=O)C1.Cl. The van der Waals surface area contributed by atoms with Crippen LogP contribution in [0, 0.1) is 0 Å². The van der Waals surface area contributed by atoms with Gasteiger partial charge in [-0.05, 0) is 13.5 Å². The topological polar surface area (TPSA) is 75.4 Å². The monoisotopic (exact) mass is 215 g/mol. The van der Waals surface area contributed by atoms with Gasteiger partial charge in [0.05, 0.1) is 0 Å². The van der Waals surface area contributed by atoms with E-state index in [-0.39, 0.29) is 18.4 Å². The van der Waals surface area contributed by atoms with Crippen LogP contribution in [0.1, 0.15) is 6.42 Å². The van der Waals surface area contributed by atoms with E-state index in [9.17, 15) is 8.42 Å². The Kier molecular flexibility index (Phi) is 4.43. The summed E-state index contributed by atoms with van der Waals surface area (Å²) in [6.07, 6.45) is 0.840. The van der Waals surface area contributed by atoms with Crippen LogP contribution >= 0.6 is 12.4 Å². The maximum atomic E-state index is 10.8. The van der Waals surface area contributed by atoms with Crippen LogP contribution in [0.5, 0.6) is 0 Å². The van der Waals surface area contributed by atoms with Crippen LogP contribution in [0.4, 0.5) is 0 Å². The Labute approximate surface area is 78.9 Å². The van der Waals surface area contributed by atoms with E-state index in [1.165, 1.54) is 4.31 Å². The molecule has 0 radical (unpaired) electrons. The number of rotatable bonds is 2. The zero-order chi connectivity index (χ0) is 8.48. The van der Waals surface area contributed by atoms with E-state index in [1.54, 1.807) is 0 Å². The molecule has 0 amide bonds. The van der Waals surface area contributed by atoms with E-state index in [4.69, 9.17) is 5.14 Å². The van der Waals surface area contributed by atoms with Crippen LogP contribution in [0.3, 0.4) is 0 Å². The molecule has 1 heterocycles. The van der Waals surface area contributed by atoms with Crippen molar-refractivity contribution in [3.05, 3.63) is 0 Å². The number of halogens is 1. The summed E-state index contributed by atoms with van der Waals surface area (Å²) in [4.78, 5) is 0. The van der Waals surface area contributed by atoms with E-state index in [1.807, 2.05) is 7.05 Å². The van der Waals surface area contributed by atoms with E-state index in [0.29, 0.717) is 13.1 Å². The number of hydrogen-bond acceptors (Lipinski definition) is 3. The molecule has 1 aliphatic rings. The van der Waals surface area contributed by atoms with Gasteiger partial charge in [-0.25, -0.2) is 5.14 Å². The second-order valence-electron chi connectivity index (χ2n) is 2.68. The second kappa shape index (κ2) is 4.38. The lowest BCUT2D eigenvalue weighted by Gasteiger charge is -2.11. The van der Waals surface area contributed by atoms with Crippen LogP contribution in [-0.4, -0.2) is 38.9 Å². The molecule has 1 rings (SSSR count). The highest BCUT2D eigenvalue weighted by Gasteiger charge is 2.27. The summed E-state index contributed by atoms with van der Waals surface area (Å²) in [5.41, 5.74) is 0. The summed E-state index contributed by atoms with van der Waals surface area (Å²) >= 11 is 0. The molecule has 0 aromatic rings. The van der Waals surface area contributed by atoms with Gasteiger partial charge in [0.15, 0.2) is 0 Å². The number of likely N-dealkylation sites (N-methyl/N-ethyl adjacent to an activating group) is 1. The molecule has 1 saturated heterocycles. The average molecular weight is 216 g/mol. The molecule has 0 aromatic heterocycles. The van der Waals surface area contributed by atoms with E-state index in [0.717, 1.165) is 6.42 Å². The van der Waals surface area contributed by atoms with Gasteiger partial charge in [-0.15, -0.1) is 12.4 Å². The van der Waals surface area contributed by atoms with Gasteiger partial charge in [-0.1, -0.05) is 0 Å². The molecule has 74 valence electrons. The fraction of sp³-hybridized carbons (Fsp3) is 1.00. The molecule has 5 nitrogen and oxygen atoms in total. The minimum Gasteiger partial charge on any atom is -0.316 e. The minimum atomic E-state index is -3.45. The van der Waals surface area contributed by atoms with E-state index < -0.39 is 10.2 Å². The van der Waals surface area contributed by atoms with Crippen LogP contribution in [-0.2, 0) is 10.2 Å². The maximum absolute atomic E-state index is 10.8. The van der Waals surface area contributed by atoms with Crippen LogP contribution in [0.2, 0.25) is 0 Å². The molecular formula is C5H14ClN3O2S. The molecule has 1 aliphatic heterocycles. The van der Waals surface area contributed by atoms with Crippen LogP contribution in [0.25, 0.3) is 0 Å². The van der Waals surface area contributed by atoms with Gasteiger partial charge < -0.3 is 5.32 Å². The third kappa shape index (κ3) is 2.87. The Hall–Kier alpha value is 0.120. The molecule has 0 bridgehead atoms. The predicted molar refractivity (Wildman–Crippen MR) is 49.4 cm³/mol. The fourth-order valence-corrected chi connectivity index (χ4v) is 1.94. The summed E-state index contributed by atoms with van der Waals surface area (Å²) in [5, 5.41) is 7.93. The van der Waals surface area contributed by atoms with E-state index in [2.05, 4.69) is 5.32 Å². The van der Waals surface area contributed by atoms with Crippen LogP contribution in [0.15, 0.2) is 0 Å². The van der Waals surface area contributed by atoms with Crippen molar-refractivity contribution in [2.24, 2.45) is 5.14 Å². The molecule has 3 N–H and O–H groups in total. The first-order valence-electron chi connectivity index (χ1n) is 3.49. The number of hydrogen-bond donors (Lipinski definition) is 2. The van der Waals surface area contributed by atoms with Crippen molar-refractivity contribution < 1.29 is 8.42 Å². The third-order valence-electron chi connectivity index (χ3n) is 1.92. The first-order chi connectivity index (χ1) is 5.04. The minimum absolute atomic E-state index is 0. The number of nitrogens with two attached hydrogens (primary N) is 1. The second-order valence-corrected chi connectivity index (χ2v) is 4.22. The van der Waals surface area contributed by atoms with Crippen molar-refractivity contribution in [3.8, 4) is 0 Å². The van der Waals surface area contributed by atoms with Gasteiger partial charge in [0.2, 0.25) is 0 Å². The fourth-order valence-electron chi connectivity index (χ4n) is 1.19. The number of nitrogens with zero attached hydrogens (tertiary/aromatic N) is 1. The summed E-state index contributed by atoms with van der Waals surface area (Å²) < 4.78 is 22.8. The Morgan fingerprint density at radius 3 is 2.42 bits per heavy atom. The molecule has 0 aromatic carbocycles. The van der Waals surface area contributed by atoms with Gasteiger partial charge in [-0.3, -0.25) is 0 Å². The molecule has 12 heavy (non-hydrogen) atoms. The zero-order valence-corrected chi connectivity index (χ0v) is 8.49. The molecule has 1 atom stereocenters. The van der Waals surface area contributed by atoms with Crippen molar-refractivity contribution in [2.75, 3.05) is 20.1 Å². The van der Waals surface area contributed by atoms with E-state index >= 15 is 0 Å². The Balaban J connectivity index is 0.00000121. The van der Waals surface area contributed by atoms with Gasteiger partial charge in [0, 0.05) is 19.1 Å². The highest BCUT2D eigenvalue weighted by molar-refractivity contribution is 7.86. The summed E-state index contributed by atoms with van der Waals surface area (Å²) in [6, 6.07) is 0.258. The maximum Gasteiger partial charge on any atom is 0.276 e. The Bertz CT molecular complexity index is 231. The van der Waals surface area contributed by atoms with Crippen LogP contribution < -0.4 is 10.5 Å². The largest absolute Gasteiger partial charge is 0.316 e. The average Bonchev–Trinajstić information content (AvgIpc) is 2.32. The van der Waals surface area contributed by atoms with Crippen molar-refractivity contribution in [1.82, 2.24) is 9.62 Å². The summed E-state index contributed by atoms with van der Waals surface area (Å²) in [7, 11) is -1.64. The Morgan fingerprint density at radius 1 is 1.58 bits per heavy atom. The lowest BCUT2D eigenvalue weighted by molar-refractivity contribution is 0.466. The van der Waals surface area contributed by atoms with Gasteiger partial charge >= 0.3 is 0 Å². The summed E-state index contributed by atoms with van der Waals surface area (Å²) in [6.45, 7) is 1.03. The van der Waals surface area contributed by atoms with Crippen molar-refractivity contribution in [2.45, 2.75) is 12.5 Å². The van der Waals surface area contributed by atoms with Gasteiger partial charge in [-0.2, -0.15) is 12.7 Å². The third-order valence-corrected chi connectivity index (χ3v) is 2.97. The first kappa shape index (κ1) is 12.1. The molecule has 0 spiro atoms. The highest BCUT2D eigenvalue weighted by atomic mass is 35.5. The van der Waals surface area contributed by atoms with Gasteiger partial charge in [0.25, 0.3) is 10.2 Å². The summed E-state index contributed by atoms with van der Waals surface area (Å²) in [5.74, 6) is 0. The molecule has 7 heteroatoms. The zero-order valence-electron chi connectivity index (χ0n) is 6.86. The lowest BCUT2D eigenvalue weighted by atomic mass is 10.3. The predicted octanol–water partition coefficient (Wildman–Crippen LogP) is -1.09. The smallest absolute Gasteiger partial charge is 0.276 e. The molecule has 0 aliphatic carbocycles. The first-order valence-corrected chi connectivity index (χ1v) is 4.99. The van der Waals surface area contributed by atoms with Crippen molar-refractivity contribution in [1.29, 1.82) is 0 Å². The quantitative estimate of drug-likeness (QED) is 0.615. The lowest BCUT2D eigenvalue weighted by Crippen LogP contribution is -2.37. The van der Waals surface area contributed by atoms with Crippen molar-refractivity contribution >= 4 is 22.6 Å². The molecule has 0 unspecified atom stereocenters. The van der Waals surface area contributed by atoms with Crippen molar-refractivity contribution in [3.63, 3.8) is 0 Å². The Morgan fingerprint density at radius 2 is 2.17 bits per heavy atom. The normalized spacial score (nSPS) is 25.3.